The first kappa shape index (κ1) is 21.1. The van der Waals surface area contributed by atoms with Gasteiger partial charge in [-0.3, -0.25) is 4.79 Å². The maximum Gasteiger partial charge on any atom is 0.333 e. The van der Waals surface area contributed by atoms with Gasteiger partial charge in [0.2, 0.25) is 0 Å². The molecule has 4 rings (SSSR count). The molecule has 0 atom stereocenters. The summed E-state index contributed by atoms with van der Waals surface area (Å²) in [5, 5.41) is 3.01. The number of hydrogen-bond donors (Lipinski definition) is 1. The van der Waals surface area contributed by atoms with Crippen LogP contribution in [0.25, 0.3) is 6.08 Å². The number of imide groups is 1. The number of amides is 3. The Morgan fingerprint density at radius 1 is 1.06 bits per heavy atom. The molecule has 3 amide bonds. The molecule has 1 N–H and O–H groups in total. The Labute approximate surface area is 191 Å². The maximum absolute atomic E-state index is 13.1. The second kappa shape index (κ2) is 8.91. The lowest BCUT2D eigenvalue weighted by atomic mass is 10.1. The van der Waals surface area contributed by atoms with E-state index in [2.05, 4.69) is 21.2 Å². The third kappa shape index (κ3) is 4.78. The van der Waals surface area contributed by atoms with Crippen LogP contribution in [-0.2, 0) is 11.4 Å². The number of nitrogens with one attached hydrogen (secondary N) is 1. The van der Waals surface area contributed by atoms with Crippen LogP contribution in [0.3, 0.4) is 0 Å². The summed E-state index contributed by atoms with van der Waals surface area (Å²) >= 11 is 9.40. The number of halogens is 3. The number of rotatable bonds is 5. The molecule has 0 spiro atoms. The van der Waals surface area contributed by atoms with Crippen molar-refractivity contribution in [2.24, 2.45) is 0 Å². The Morgan fingerprint density at radius 2 is 1.84 bits per heavy atom. The van der Waals surface area contributed by atoms with Gasteiger partial charge in [-0.1, -0.05) is 45.7 Å². The molecule has 3 aromatic rings. The third-order valence-corrected chi connectivity index (χ3v) is 5.25. The minimum Gasteiger partial charge on any atom is -0.488 e. The van der Waals surface area contributed by atoms with E-state index in [0.29, 0.717) is 22.0 Å². The maximum atomic E-state index is 13.1. The zero-order chi connectivity index (χ0) is 22.0. The first-order valence-corrected chi connectivity index (χ1v) is 10.4. The van der Waals surface area contributed by atoms with Crippen LogP contribution < -0.4 is 15.0 Å². The first-order chi connectivity index (χ1) is 14.9. The number of benzene rings is 3. The molecule has 1 heterocycles. The van der Waals surface area contributed by atoms with E-state index < -0.39 is 11.9 Å². The minimum absolute atomic E-state index is 0.106. The van der Waals surface area contributed by atoms with Crippen molar-refractivity contribution in [3.63, 3.8) is 0 Å². The van der Waals surface area contributed by atoms with E-state index in [9.17, 15) is 14.0 Å². The number of ether oxygens (including phenoxy) is 1. The van der Waals surface area contributed by atoms with Crippen LogP contribution >= 0.6 is 27.5 Å². The summed E-state index contributed by atoms with van der Waals surface area (Å²) in [5.41, 5.74) is 1.86. The Bertz CT molecular complexity index is 1200. The van der Waals surface area contributed by atoms with Crippen LogP contribution in [0.4, 0.5) is 14.9 Å². The molecule has 3 aromatic carbocycles. The van der Waals surface area contributed by atoms with Crippen molar-refractivity contribution < 1.29 is 18.7 Å². The van der Waals surface area contributed by atoms with Crippen molar-refractivity contribution in [3.05, 3.63) is 98.9 Å². The predicted molar refractivity (Wildman–Crippen MR) is 120 cm³/mol. The molecular weight excluding hydrogens is 487 g/mol. The van der Waals surface area contributed by atoms with Crippen LogP contribution in [0, 0.1) is 5.82 Å². The van der Waals surface area contributed by atoms with Gasteiger partial charge in [0.25, 0.3) is 5.91 Å². The van der Waals surface area contributed by atoms with E-state index in [1.54, 1.807) is 54.6 Å². The zero-order valence-electron chi connectivity index (χ0n) is 15.9. The highest BCUT2D eigenvalue weighted by Gasteiger charge is 2.35. The van der Waals surface area contributed by atoms with Gasteiger partial charge in [-0.05, 0) is 60.2 Å². The Hall–Kier alpha value is -3.16. The van der Waals surface area contributed by atoms with Crippen LogP contribution in [0.1, 0.15) is 11.1 Å². The number of anilines is 1. The molecule has 0 unspecified atom stereocenters. The molecule has 0 aliphatic carbocycles. The molecular formula is C23H15BrClFN2O3. The van der Waals surface area contributed by atoms with E-state index in [4.69, 9.17) is 16.3 Å². The molecule has 1 saturated heterocycles. The van der Waals surface area contributed by atoms with Crippen LogP contribution in [0.5, 0.6) is 5.75 Å². The van der Waals surface area contributed by atoms with E-state index in [1.165, 1.54) is 18.2 Å². The van der Waals surface area contributed by atoms with E-state index in [-0.39, 0.29) is 18.1 Å². The van der Waals surface area contributed by atoms with E-state index in [0.717, 1.165) is 14.9 Å². The lowest BCUT2D eigenvalue weighted by Crippen LogP contribution is -2.30. The average molecular weight is 502 g/mol. The SMILES string of the molecule is O=C1N/C(=C/c2cc(Br)ccc2OCc2ccc(F)cc2)C(=O)N1c1cccc(Cl)c1. The molecule has 0 saturated carbocycles. The molecule has 31 heavy (non-hydrogen) atoms. The molecule has 0 aromatic heterocycles. The fourth-order valence-electron chi connectivity index (χ4n) is 3.05. The molecule has 0 radical (unpaired) electrons. The summed E-state index contributed by atoms with van der Waals surface area (Å²) < 4.78 is 19.7. The van der Waals surface area contributed by atoms with Gasteiger partial charge in [-0.2, -0.15) is 0 Å². The monoisotopic (exact) mass is 500 g/mol. The van der Waals surface area contributed by atoms with Crippen LogP contribution in [0.15, 0.2) is 76.9 Å². The summed E-state index contributed by atoms with van der Waals surface area (Å²) in [6, 6.07) is 17.2. The molecule has 156 valence electrons. The lowest BCUT2D eigenvalue weighted by Gasteiger charge is -2.12. The summed E-state index contributed by atoms with van der Waals surface area (Å²) in [7, 11) is 0. The van der Waals surface area contributed by atoms with Crippen molar-refractivity contribution >= 4 is 51.2 Å². The smallest absolute Gasteiger partial charge is 0.333 e. The highest BCUT2D eigenvalue weighted by Crippen LogP contribution is 2.29. The van der Waals surface area contributed by atoms with Gasteiger partial charge >= 0.3 is 6.03 Å². The standard InChI is InChI=1S/C23H15BrClFN2O3/c24-16-6-9-21(31-13-14-4-7-18(26)8-5-14)15(10-16)11-20-22(29)28(23(30)27-20)19-3-1-2-17(25)12-19/h1-12H,13H2,(H,27,30)/b20-11+. The second-order valence-corrected chi connectivity index (χ2v) is 8.06. The molecule has 8 heteroatoms. The highest BCUT2D eigenvalue weighted by molar-refractivity contribution is 9.10. The number of hydrogen-bond acceptors (Lipinski definition) is 3. The Kier molecular flexibility index (Phi) is 6.06. The molecule has 0 bridgehead atoms. The second-order valence-electron chi connectivity index (χ2n) is 6.71. The molecule has 5 nitrogen and oxygen atoms in total. The number of carbonyl (C=O) groups excluding carboxylic acids is 2. The van der Waals surface area contributed by atoms with Crippen molar-refractivity contribution in [2.45, 2.75) is 6.61 Å². The van der Waals surface area contributed by atoms with Gasteiger partial charge in [0.15, 0.2) is 0 Å². The average Bonchev–Trinajstić information content (AvgIpc) is 3.01. The summed E-state index contributed by atoms with van der Waals surface area (Å²) in [6.07, 6.45) is 1.55. The predicted octanol–water partition coefficient (Wildman–Crippen LogP) is 5.92. The van der Waals surface area contributed by atoms with Crippen molar-refractivity contribution in [1.29, 1.82) is 0 Å². The Morgan fingerprint density at radius 3 is 2.58 bits per heavy atom. The molecule has 1 aliphatic heterocycles. The van der Waals surface area contributed by atoms with Crippen molar-refractivity contribution in [3.8, 4) is 5.75 Å². The lowest BCUT2D eigenvalue weighted by molar-refractivity contribution is -0.113. The quantitative estimate of drug-likeness (QED) is 0.349. The Balaban J connectivity index is 1.60. The minimum atomic E-state index is -0.567. The highest BCUT2D eigenvalue weighted by atomic mass is 79.9. The topological polar surface area (TPSA) is 58.6 Å². The van der Waals surface area contributed by atoms with Crippen molar-refractivity contribution in [1.82, 2.24) is 5.32 Å². The van der Waals surface area contributed by atoms with E-state index in [1.807, 2.05) is 0 Å². The summed E-state index contributed by atoms with van der Waals surface area (Å²) in [5.74, 6) is -0.322. The van der Waals surface area contributed by atoms with Gasteiger partial charge in [0, 0.05) is 15.1 Å². The summed E-state index contributed by atoms with van der Waals surface area (Å²) in [4.78, 5) is 26.3. The summed E-state index contributed by atoms with van der Waals surface area (Å²) in [6.45, 7) is 0.215. The van der Waals surface area contributed by atoms with Crippen LogP contribution in [0.2, 0.25) is 5.02 Å². The largest absolute Gasteiger partial charge is 0.488 e. The van der Waals surface area contributed by atoms with Gasteiger partial charge < -0.3 is 10.1 Å². The van der Waals surface area contributed by atoms with Gasteiger partial charge in [0.05, 0.1) is 5.69 Å². The molecule has 1 aliphatic rings. The number of urea groups is 1. The fraction of sp³-hybridized carbons (Fsp3) is 0.0435. The van der Waals surface area contributed by atoms with Gasteiger partial charge in [-0.15, -0.1) is 0 Å². The molecule has 1 fully saturated rings. The number of nitrogens with zero attached hydrogens (tertiary/aromatic N) is 1. The van der Waals surface area contributed by atoms with Gasteiger partial charge in [-0.25, -0.2) is 14.1 Å². The van der Waals surface area contributed by atoms with E-state index >= 15 is 0 Å². The van der Waals surface area contributed by atoms with Crippen molar-refractivity contribution in [2.75, 3.05) is 4.90 Å². The van der Waals surface area contributed by atoms with Crippen LogP contribution in [-0.4, -0.2) is 11.9 Å². The van der Waals surface area contributed by atoms with Gasteiger partial charge in [0.1, 0.15) is 23.9 Å². The third-order valence-electron chi connectivity index (χ3n) is 4.52. The zero-order valence-corrected chi connectivity index (χ0v) is 18.3. The number of carbonyl (C=O) groups is 2. The fourth-order valence-corrected chi connectivity index (χ4v) is 3.61. The first-order valence-electron chi connectivity index (χ1n) is 9.20. The normalized spacial score (nSPS) is 14.8.